The SMILES string of the molecule is COc1ccc(C(=O)Oc2ccc(Br)cc2/C=N/NC(=O)CNS(=O)(=O)c2ccccc2)cc1OC. The van der Waals surface area contributed by atoms with Gasteiger partial charge in [0.2, 0.25) is 10.0 Å². The molecule has 3 aromatic rings. The molecule has 0 aliphatic heterocycles. The highest BCUT2D eigenvalue weighted by Gasteiger charge is 2.16. The molecular formula is C24H22BrN3O7S. The summed E-state index contributed by atoms with van der Waals surface area (Å²) in [5.74, 6) is -0.319. The van der Waals surface area contributed by atoms with E-state index in [2.05, 4.69) is 31.2 Å². The molecule has 12 heteroatoms. The monoisotopic (exact) mass is 575 g/mol. The van der Waals surface area contributed by atoms with Crippen LogP contribution in [0.3, 0.4) is 0 Å². The Hall–Kier alpha value is -3.74. The first kappa shape index (κ1) is 26.9. The molecule has 0 fully saturated rings. The number of hydrogen-bond acceptors (Lipinski definition) is 8. The zero-order valence-electron chi connectivity index (χ0n) is 19.2. The molecule has 0 atom stereocenters. The maximum absolute atomic E-state index is 12.7. The van der Waals surface area contributed by atoms with Crippen LogP contribution < -0.4 is 24.4 Å². The number of rotatable bonds is 10. The van der Waals surface area contributed by atoms with Crippen LogP contribution >= 0.6 is 15.9 Å². The lowest BCUT2D eigenvalue weighted by Crippen LogP contribution is -2.34. The van der Waals surface area contributed by atoms with Gasteiger partial charge in [0.1, 0.15) is 5.75 Å². The third-order valence-corrected chi connectivity index (χ3v) is 6.57. The van der Waals surface area contributed by atoms with Gasteiger partial charge in [-0.25, -0.2) is 23.4 Å². The zero-order valence-corrected chi connectivity index (χ0v) is 21.6. The van der Waals surface area contributed by atoms with Crippen molar-refractivity contribution in [3.8, 4) is 17.2 Å². The van der Waals surface area contributed by atoms with Crippen molar-refractivity contribution in [3.05, 3.63) is 82.3 Å². The van der Waals surface area contributed by atoms with Crippen molar-refractivity contribution in [3.63, 3.8) is 0 Å². The van der Waals surface area contributed by atoms with Gasteiger partial charge in [0.15, 0.2) is 11.5 Å². The highest BCUT2D eigenvalue weighted by atomic mass is 79.9. The van der Waals surface area contributed by atoms with E-state index in [1.54, 1.807) is 42.5 Å². The minimum absolute atomic E-state index is 0.0383. The van der Waals surface area contributed by atoms with Crippen LogP contribution in [0.4, 0.5) is 0 Å². The van der Waals surface area contributed by atoms with Gasteiger partial charge >= 0.3 is 5.97 Å². The van der Waals surface area contributed by atoms with Gasteiger partial charge in [0.25, 0.3) is 5.91 Å². The Morgan fingerprint density at radius 2 is 1.64 bits per heavy atom. The molecule has 0 heterocycles. The van der Waals surface area contributed by atoms with E-state index in [4.69, 9.17) is 14.2 Å². The van der Waals surface area contributed by atoms with Crippen LogP contribution in [0.1, 0.15) is 15.9 Å². The Labute approximate surface area is 216 Å². The fraction of sp³-hybridized carbons (Fsp3) is 0.125. The third kappa shape index (κ3) is 7.13. The lowest BCUT2D eigenvalue weighted by molar-refractivity contribution is -0.119. The number of sulfonamides is 1. The average molecular weight is 576 g/mol. The molecule has 0 saturated carbocycles. The molecule has 10 nitrogen and oxygen atoms in total. The third-order valence-electron chi connectivity index (χ3n) is 4.66. The van der Waals surface area contributed by atoms with E-state index in [1.807, 2.05) is 0 Å². The van der Waals surface area contributed by atoms with Crippen molar-refractivity contribution in [2.45, 2.75) is 4.90 Å². The minimum Gasteiger partial charge on any atom is -0.493 e. The van der Waals surface area contributed by atoms with Gasteiger partial charge < -0.3 is 14.2 Å². The number of hydrazone groups is 1. The standard InChI is InChI=1S/C24H22BrN3O7S/c1-33-21-10-8-16(13-22(21)34-2)24(30)35-20-11-9-18(25)12-17(20)14-26-28-23(29)15-27-36(31,32)19-6-4-3-5-7-19/h3-14,27H,15H2,1-2H3,(H,28,29)/b26-14+. The topological polar surface area (TPSA) is 132 Å². The first-order chi connectivity index (χ1) is 17.2. The number of esters is 1. The summed E-state index contributed by atoms with van der Waals surface area (Å²) in [6.07, 6.45) is 1.27. The van der Waals surface area contributed by atoms with E-state index < -0.39 is 28.4 Å². The van der Waals surface area contributed by atoms with Crippen LogP contribution in [0.25, 0.3) is 0 Å². The maximum atomic E-state index is 12.7. The second kappa shape index (κ2) is 12.3. The summed E-state index contributed by atoms with van der Waals surface area (Å²) in [4.78, 5) is 24.8. The van der Waals surface area contributed by atoms with E-state index in [1.165, 1.54) is 44.7 Å². The number of amides is 1. The van der Waals surface area contributed by atoms with Crippen molar-refractivity contribution >= 4 is 44.0 Å². The first-order valence-electron chi connectivity index (χ1n) is 10.3. The Morgan fingerprint density at radius 3 is 2.33 bits per heavy atom. The van der Waals surface area contributed by atoms with Crippen LogP contribution in [-0.2, 0) is 14.8 Å². The van der Waals surface area contributed by atoms with Crippen molar-refractivity contribution in [1.29, 1.82) is 0 Å². The number of carbonyl (C=O) groups is 2. The van der Waals surface area contributed by atoms with Gasteiger partial charge in [-0.2, -0.15) is 5.10 Å². The van der Waals surface area contributed by atoms with Crippen molar-refractivity contribution < 1.29 is 32.2 Å². The molecule has 3 rings (SSSR count). The van der Waals surface area contributed by atoms with Crippen LogP contribution in [0, 0.1) is 0 Å². The van der Waals surface area contributed by atoms with E-state index in [9.17, 15) is 18.0 Å². The highest BCUT2D eigenvalue weighted by molar-refractivity contribution is 9.10. The molecule has 0 unspecified atom stereocenters. The Bertz CT molecular complexity index is 1380. The van der Waals surface area contributed by atoms with Gasteiger partial charge in [-0.3, -0.25) is 4.79 Å². The molecule has 188 valence electrons. The number of nitrogens with zero attached hydrogens (tertiary/aromatic N) is 1. The smallest absolute Gasteiger partial charge is 0.343 e. The van der Waals surface area contributed by atoms with Gasteiger partial charge in [-0.05, 0) is 48.5 Å². The molecule has 0 bridgehead atoms. The van der Waals surface area contributed by atoms with Gasteiger partial charge in [0, 0.05) is 10.0 Å². The lowest BCUT2D eigenvalue weighted by Gasteiger charge is -2.11. The van der Waals surface area contributed by atoms with E-state index >= 15 is 0 Å². The maximum Gasteiger partial charge on any atom is 0.343 e. The summed E-state index contributed by atoms with van der Waals surface area (Å²) in [6.45, 7) is -0.520. The van der Waals surface area contributed by atoms with Gasteiger partial charge in [0.05, 0.1) is 37.4 Å². The molecule has 0 aliphatic carbocycles. The summed E-state index contributed by atoms with van der Waals surface area (Å²) in [5, 5.41) is 3.84. The Kier molecular flexibility index (Phi) is 9.17. The summed E-state index contributed by atoms with van der Waals surface area (Å²) < 4.78 is 43.2. The largest absolute Gasteiger partial charge is 0.493 e. The van der Waals surface area contributed by atoms with Crippen molar-refractivity contribution in [1.82, 2.24) is 10.1 Å². The lowest BCUT2D eigenvalue weighted by atomic mass is 10.2. The fourth-order valence-electron chi connectivity index (χ4n) is 2.89. The highest BCUT2D eigenvalue weighted by Crippen LogP contribution is 2.29. The van der Waals surface area contributed by atoms with Crippen LogP contribution in [-0.4, -0.2) is 47.3 Å². The summed E-state index contributed by atoms with van der Waals surface area (Å²) >= 11 is 3.34. The number of methoxy groups -OCH3 is 2. The van der Waals surface area contributed by atoms with E-state index in [0.717, 1.165) is 0 Å². The van der Waals surface area contributed by atoms with E-state index in [0.29, 0.717) is 21.5 Å². The summed E-state index contributed by atoms with van der Waals surface area (Å²) in [5.41, 5.74) is 2.84. The number of carbonyl (C=O) groups excluding carboxylic acids is 2. The first-order valence-corrected chi connectivity index (χ1v) is 12.6. The number of ether oxygens (including phenoxy) is 3. The molecule has 1 amide bonds. The average Bonchev–Trinajstić information content (AvgIpc) is 2.89. The predicted molar refractivity (Wildman–Crippen MR) is 136 cm³/mol. The normalized spacial score (nSPS) is 11.2. The Balaban J connectivity index is 1.65. The second-order valence-corrected chi connectivity index (χ2v) is 9.75. The number of benzene rings is 3. The molecule has 36 heavy (non-hydrogen) atoms. The zero-order chi connectivity index (χ0) is 26.1. The van der Waals surface area contributed by atoms with Crippen LogP contribution in [0.2, 0.25) is 0 Å². The van der Waals surface area contributed by atoms with E-state index in [-0.39, 0.29) is 16.2 Å². The molecule has 0 saturated heterocycles. The quantitative estimate of drug-likeness (QED) is 0.164. The molecule has 3 aromatic carbocycles. The predicted octanol–water partition coefficient (Wildman–Crippen LogP) is 3.11. The fourth-order valence-corrected chi connectivity index (χ4v) is 4.27. The second-order valence-electron chi connectivity index (χ2n) is 7.07. The van der Waals surface area contributed by atoms with Gasteiger partial charge in [-0.1, -0.05) is 34.1 Å². The molecule has 2 N–H and O–H groups in total. The van der Waals surface area contributed by atoms with Crippen molar-refractivity contribution in [2.24, 2.45) is 5.10 Å². The Morgan fingerprint density at radius 1 is 0.944 bits per heavy atom. The number of halogens is 1. The van der Waals surface area contributed by atoms with Crippen molar-refractivity contribution in [2.75, 3.05) is 20.8 Å². The molecule has 0 aromatic heterocycles. The summed E-state index contributed by atoms with van der Waals surface area (Å²) in [7, 11) is -0.896. The number of nitrogens with one attached hydrogen (secondary N) is 2. The van der Waals surface area contributed by atoms with Crippen LogP contribution in [0.5, 0.6) is 17.2 Å². The molecule has 0 radical (unpaired) electrons. The molecular weight excluding hydrogens is 554 g/mol. The van der Waals surface area contributed by atoms with Crippen LogP contribution in [0.15, 0.2) is 81.2 Å². The molecule has 0 spiro atoms. The van der Waals surface area contributed by atoms with Gasteiger partial charge in [-0.15, -0.1) is 0 Å². The summed E-state index contributed by atoms with van der Waals surface area (Å²) in [6, 6.07) is 17.1. The number of hydrogen-bond donors (Lipinski definition) is 2. The molecule has 0 aliphatic rings. The minimum atomic E-state index is -3.84.